The largest absolute Gasteiger partial charge is 0.573 e. The Hall–Kier alpha value is -4.21. The van der Waals surface area contributed by atoms with Gasteiger partial charge in [-0.05, 0) is 62.2 Å². The van der Waals surface area contributed by atoms with E-state index in [9.17, 15) is 27.9 Å². The molecule has 1 atom stereocenters. The number of rotatable bonds is 5. The van der Waals surface area contributed by atoms with E-state index in [4.69, 9.17) is 9.15 Å². The first-order valence-corrected chi connectivity index (χ1v) is 10.8. The number of amides is 1. The molecule has 1 aromatic heterocycles. The smallest absolute Gasteiger partial charge is 0.507 e. The van der Waals surface area contributed by atoms with E-state index in [-0.39, 0.29) is 22.6 Å². The Morgan fingerprint density at radius 3 is 2.39 bits per heavy atom. The molecule has 0 radical (unpaired) electrons. The van der Waals surface area contributed by atoms with E-state index in [1.807, 2.05) is 6.07 Å². The number of aryl methyl sites for hydroxylation is 3. The molecule has 0 saturated carbocycles. The lowest BCUT2D eigenvalue weighted by Crippen LogP contribution is -2.29. The predicted octanol–water partition coefficient (Wildman–Crippen LogP) is 5.74. The van der Waals surface area contributed by atoms with Crippen molar-refractivity contribution in [2.24, 2.45) is 0 Å². The Kier molecular flexibility index (Phi) is 6.30. The van der Waals surface area contributed by atoms with Gasteiger partial charge in [0.2, 0.25) is 0 Å². The van der Waals surface area contributed by atoms with Gasteiger partial charge in [-0.15, -0.1) is 13.2 Å². The molecular weight excluding hydrogens is 479 g/mol. The molecule has 1 unspecified atom stereocenters. The van der Waals surface area contributed by atoms with E-state index in [2.05, 4.69) is 4.74 Å². The molecule has 4 rings (SSSR count). The maximum absolute atomic E-state index is 13.3. The molecule has 2 aromatic carbocycles. The number of Topliss-reactive ketones (excluding diaryl/α,β-unsaturated/α-hetero) is 1. The zero-order chi connectivity index (χ0) is 26.4. The monoisotopic (exact) mass is 501 g/mol. The molecule has 0 spiro atoms. The molecule has 36 heavy (non-hydrogen) atoms. The van der Waals surface area contributed by atoms with Crippen LogP contribution >= 0.6 is 0 Å². The Labute approximate surface area is 204 Å². The minimum Gasteiger partial charge on any atom is -0.507 e. The number of ketones is 1. The van der Waals surface area contributed by atoms with E-state index in [1.165, 1.54) is 25.3 Å². The molecular formula is C26H22F3NO6. The third kappa shape index (κ3) is 4.53. The van der Waals surface area contributed by atoms with Crippen LogP contribution in [0.1, 0.15) is 34.3 Å². The summed E-state index contributed by atoms with van der Waals surface area (Å²) in [5.74, 6) is -2.25. The number of nitrogens with zero attached hydrogens (tertiary/aromatic N) is 1. The number of hydrogen-bond acceptors (Lipinski definition) is 6. The summed E-state index contributed by atoms with van der Waals surface area (Å²) in [4.78, 5) is 27.5. The summed E-state index contributed by atoms with van der Waals surface area (Å²) in [5, 5.41) is 11.4. The number of ether oxygens (including phenoxy) is 2. The van der Waals surface area contributed by atoms with E-state index >= 15 is 0 Å². The van der Waals surface area contributed by atoms with E-state index in [0.717, 1.165) is 22.6 Å². The third-order valence-electron chi connectivity index (χ3n) is 5.68. The standard InChI is InChI=1S/C26H22F3NO6/c1-13-10-14(2)24(34-4)18(11-13)22(31)20-21(19-9-8-15(3)35-19)30(25(33)23(20)32)16-6-5-7-17(12-16)36-26(27,28)29/h5-12,21,31H,1-4H3/b22-20+. The molecule has 10 heteroatoms. The van der Waals surface area contributed by atoms with Gasteiger partial charge in [0.15, 0.2) is 0 Å². The minimum atomic E-state index is -4.95. The zero-order valence-corrected chi connectivity index (χ0v) is 19.8. The average molecular weight is 501 g/mol. The molecule has 1 aliphatic rings. The molecule has 1 saturated heterocycles. The second-order valence-electron chi connectivity index (χ2n) is 8.33. The van der Waals surface area contributed by atoms with Crippen LogP contribution in [0.15, 0.2) is 58.5 Å². The topological polar surface area (TPSA) is 89.2 Å². The fraction of sp³-hybridized carbons (Fsp3) is 0.231. The van der Waals surface area contributed by atoms with Crippen molar-refractivity contribution in [2.75, 3.05) is 12.0 Å². The van der Waals surface area contributed by atoms with Crippen molar-refractivity contribution in [2.45, 2.75) is 33.2 Å². The Morgan fingerprint density at radius 1 is 1.06 bits per heavy atom. The van der Waals surface area contributed by atoms with Gasteiger partial charge in [-0.1, -0.05) is 12.1 Å². The first kappa shape index (κ1) is 24.9. The van der Waals surface area contributed by atoms with Crippen LogP contribution in [-0.4, -0.2) is 30.3 Å². The maximum atomic E-state index is 13.3. The number of aliphatic hydroxyl groups is 1. The van der Waals surface area contributed by atoms with Gasteiger partial charge in [-0.3, -0.25) is 14.5 Å². The summed E-state index contributed by atoms with van der Waals surface area (Å²) < 4.78 is 53.5. The van der Waals surface area contributed by atoms with Gasteiger partial charge in [0, 0.05) is 11.8 Å². The number of methoxy groups -OCH3 is 1. The molecule has 1 amide bonds. The van der Waals surface area contributed by atoms with E-state index in [1.54, 1.807) is 32.9 Å². The molecule has 2 heterocycles. The lowest BCUT2D eigenvalue weighted by atomic mass is 9.96. The van der Waals surface area contributed by atoms with Gasteiger partial charge in [0.05, 0.1) is 18.2 Å². The van der Waals surface area contributed by atoms with E-state index in [0.29, 0.717) is 17.1 Å². The first-order chi connectivity index (χ1) is 16.9. The third-order valence-corrected chi connectivity index (χ3v) is 5.68. The number of aliphatic hydroxyl groups excluding tert-OH is 1. The highest BCUT2D eigenvalue weighted by Gasteiger charge is 2.49. The summed E-state index contributed by atoms with van der Waals surface area (Å²) in [7, 11) is 1.41. The molecule has 7 nitrogen and oxygen atoms in total. The van der Waals surface area contributed by atoms with Crippen LogP contribution in [0.3, 0.4) is 0 Å². The summed E-state index contributed by atoms with van der Waals surface area (Å²) in [6.07, 6.45) is -4.95. The quantitative estimate of drug-likeness (QED) is 0.273. The molecule has 3 aromatic rings. The van der Waals surface area contributed by atoms with Crippen LogP contribution in [0.2, 0.25) is 0 Å². The SMILES string of the molecule is COc1c(C)cc(C)cc1/C(O)=C1\C(=O)C(=O)N(c2cccc(OC(F)(F)F)c2)C1c1ccc(C)o1. The lowest BCUT2D eigenvalue weighted by molar-refractivity contribution is -0.274. The number of benzene rings is 2. The van der Waals surface area contributed by atoms with Crippen LogP contribution < -0.4 is 14.4 Å². The van der Waals surface area contributed by atoms with Gasteiger partial charge in [-0.2, -0.15) is 0 Å². The van der Waals surface area contributed by atoms with Crippen molar-refractivity contribution < 1.29 is 41.8 Å². The Morgan fingerprint density at radius 2 is 1.78 bits per heavy atom. The van der Waals surface area contributed by atoms with Crippen molar-refractivity contribution in [3.8, 4) is 11.5 Å². The number of alkyl halides is 3. The van der Waals surface area contributed by atoms with Gasteiger partial charge in [0.1, 0.15) is 34.8 Å². The molecule has 0 bridgehead atoms. The van der Waals surface area contributed by atoms with Crippen molar-refractivity contribution in [3.63, 3.8) is 0 Å². The Bertz CT molecular complexity index is 1390. The maximum Gasteiger partial charge on any atom is 0.573 e. The number of carbonyl (C=O) groups excluding carboxylic acids is 2. The van der Waals surface area contributed by atoms with Crippen LogP contribution in [0.4, 0.5) is 18.9 Å². The van der Waals surface area contributed by atoms with Crippen LogP contribution in [-0.2, 0) is 9.59 Å². The van der Waals surface area contributed by atoms with Crippen LogP contribution in [0.25, 0.3) is 5.76 Å². The van der Waals surface area contributed by atoms with Gasteiger partial charge < -0.3 is 19.0 Å². The second-order valence-corrected chi connectivity index (χ2v) is 8.33. The summed E-state index contributed by atoms with van der Waals surface area (Å²) in [5.41, 5.74) is 1.31. The van der Waals surface area contributed by atoms with Gasteiger partial charge in [0.25, 0.3) is 11.7 Å². The highest BCUT2D eigenvalue weighted by molar-refractivity contribution is 6.51. The molecule has 0 aliphatic carbocycles. The van der Waals surface area contributed by atoms with Crippen molar-refractivity contribution in [1.82, 2.24) is 0 Å². The first-order valence-electron chi connectivity index (χ1n) is 10.8. The summed E-state index contributed by atoms with van der Waals surface area (Å²) >= 11 is 0. The highest BCUT2D eigenvalue weighted by atomic mass is 19.4. The number of anilines is 1. The number of carbonyl (C=O) groups is 2. The predicted molar refractivity (Wildman–Crippen MR) is 124 cm³/mol. The van der Waals surface area contributed by atoms with Crippen LogP contribution in [0, 0.1) is 20.8 Å². The van der Waals surface area contributed by atoms with Crippen LogP contribution in [0.5, 0.6) is 11.5 Å². The lowest BCUT2D eigenvalue weighted by Gasteiger charge is -2.24. The highest BCUT2D eigenvalue weighted by Crippen LogP contribution is 2.45. The fourth-order valence-corrected chi connectivity index (χ4v) is 4.35. The Balaban J connectivity index is 1.95. The minimum absolute atomic E-state index is 0.0515. The van der Waals surface area contributed by atoms with Crippen molar-refractivity contribution >= 4 is 23.1 Å². The van der Waals surface area contributed by atoms with Crippen molar-refractivity contribution in [1.29, 1.82) is 0 Å². The number of furan rings is 1. The zero-order valence-electron chi connectivity index (χ0n) is 19.8. The molecule has 1 aliphatic heterocycles. The van der Waals surface area contributed by atoms with Crippen molar-refractivity contribution in [3.05, 3.63) is 82.3 Å². The fourth-order valence-electron chi connectivity index (χ4n) is 4.35. The normalized spacial score (nSPS) is 17.5. The summed E-state index contributed by atoms with van der Waals surface area (Å²) in [6, 6.07) is 9.98. The molecule has 1 fully saturated rings. The average Bonchev–Trinajstić information content (AvgIpc) is 3.32. The number of hydrogen-bond donors (Lipinski definition) is 1. The van der Waals surface area contributed by atoms with E-state index < -0.39 is 35.6 Å². The second kappa shape index (κ2) is 9.10. The molecule has 1 N–H and O–H groups in total. The van der Waals surface area contributed by atoms with Gasteiger partial charge in [-0.25, -0.2) is 0 Å². The molecule has 188 valence electrons. The van der Waals surface area contributed by atoms with Gasteiger partial charge >= 0.3 is 6.36 Å². The summed E-state index contributed by atoms with van der Waals surface area (Å²) in [6.45, 7) is 5.21. The number of halogens is 3.